The summed E-state index contributed by atoms with van der Waals surface area (Å²) in [6.45, 7) is 1.77. The minimum Gasteiger partial charge on any atom is -0.497 e. The Morgan fingerprint density at radius 3 is 1.74 bits per heavy atom. The number of phosphoric acid groups is 2. The summed E-state index contributed by atoms with van der Waals surface area (Å²) >= 11 is 12.5. The van der Waals surface area contributed by atoms with E-state index in [1.165, 1.54) is 76.3 Å². The van der Waals surface area contributed by atoms with Gasteiger partial charge >= 0.3 is 21.3 Å². The fourth-order valence-electron chi connectivity index (χ4n) is 10.6. The molecular weight excluding hydrogens is 1320 g/mol. The quantitative estimate of drug-likeness (QED) is 0.0233. The van der Waals surface area contributed by atoms with Crippen LogP contribution in [0.3, 0.4) is 0 Å². The van der Waals surface area contributed by atoms with E-state index in [9.17, 15) is 29.0 Å². The van der Waals surface area contributed by atoms with Gasteiger partial charge in [0.2, 0.25) is 11.9 Å². The molecule has 30 heteroatoms. The second-order valence-corrected chi connectivity index (χ2v) is 26.0. The van der Waals surface area contributed by atoms with Crippen LogP contribution in [-0.2, 0) is 51.8 Å². The van der Waals surface area contributed by atoms with E-state index in [2.05, 4.69) is 30.6 Å². The van der Waals surface area contributed by atoms with Crippen molar-refractivity contribution in [3.05, 3.63) is 229 Å². The smallest absolute Gasteiger partial charge is 0.497 e. The average Bonchev–Trinajstić information content (AvgIpc) is 1.06. The number of phosphoric ester groups is 2. The molecule has 6 aromatic carbocycles. The lowest BCUT2D eigenvalue weighted by molar-refractivity contribution is -0.118. The molecule has 8 atom stereocenters. The summed E-state index contributed by atoms with van der Waals surface area (Å²) in [7, 11) is -6.83. The Hall–Kier alpha value is -9.06. The summed E-state index contributed by atoms with van der Waals surface area (Å²) in [6.07, 6.45) is -5.96. The van der Waals surface area contributed by atoms with Gasteiger partial charge in [0.25, 0.3) is 11.5 Å². The van der Waals surface area contributed by atoms with Gasteiger partial charge in [0.05, 0.1) is 52.9 Å². The molecule has 5 heterocycles. The number of fused-ring (bicyclic) bond motifs is 1. The van der Waals surface area contributed by atoms with Gasteiger partial charge in [0.1, 0.15) is 71.3 Å². The number of ether oxygens (including phenoxy) is 5. The van der Waals surface area contributed by atoms with Crippen molar-refractivity contribution in [2.75, 3.05) is 44.7 Å². The molecule has 0 bridgehead atoms. The number of anilines is 2. The first kappa shape index (κ1) is 68.3. The van der Waals surface area contributed by atoms with Gasteiger partial charge in [0, 0.05) is 40.6 Å². The van der Waals surface area contributed by atoms with Gasteiger partial charge in [-0.05, 0) is 108 Å². The number of hydrogen-bond donors (Lipinski definition) is 3. The highest BCUT2D eigenvalue weighted by Gasteiger charge is 2.50. The number of aromatic nitrogens is 6. The Morgan fingerprint density at radius 2 is 1.20 bits per heavy atom. The molecule has 26 nitrogen and oxygen atoms in total. The van der Waals surface area contributed by atoms with E-state index < -0.39 is 100 Å². The molecule has 0 aliphatic carbocycles. The van der Waals surface area contributed by atoms with E-state index in [-0.39, 0.29) is 60.3 Å². The highest BCUT2D eigenvalue weighted by molar-refractivity contribution is 7.49. The SMILES string of the molecule is COc1ccc(C(OC[C@H]2O[C@@H](n3ccc(NC(=O)c4ccccc4)nc3=O)C[C@@H]2OP(=O)(OC[C@H]2O[C@@H](n3cnc4c(=O)[nH]c(NC(=O)C(C)C)nc43)C[C@@H]2OP(=O)(OCCC#N)Oc2ccc(Cl)cc2)Oc2ccc(Cl)cc2)(c2ccccc2)c2ccc(OC)cc2)cc1. The van der Waals surface area contributed by atoms with E-state index in [1.807, 2.05) is 60.7 Å². The van der Waals surface area contributed by atoms with Crippen LogP contribution in [0.2, 0.25) is 10.0 Å². The number of benzene rings is 6. The summed E-state index contributed by atoms with van der Waals surface area (Å²) in [6, 6.07) is 47.3. The van der Waals surface area contributed by atoms with Crippen LogP contribution in [0, 0.1) is 17.2 Å². The zero-order valence-electron chi connectivity index (χ0n) is 51.8. The Balaban J connectivity index is 0.975. The van der Waals surface area contributed by atoms with Gasteiger partial charge < -0.3 is 38.0 Å². The van der Waals surface area contributed by atoms with Crippen LogP contribution in [0.15, 0.2) is 186 Å². The number of methoxy groups -OCH3 is 2. The second-order valence-electron chi connectivity index (χ2n) is 22.1. The van der Waals surface area contributed by atoms with E-state index in [4.69, 9.17) is 74.0 Å². The topological polar surface area (TPSA) is 316 Å². The van der Waals surface area contributed by atoms with E-state index >= 15 is 4.57 Å². The summed E-state index contributed by atoms with van der Waals surface area (Å²) in [4.78, 5) is 69.2. The van der Waals surface area contributed by atoms with Gasteiger partial charge in [-0.2, -0.15) is 15.2 Å². The van der Waals surface area contributed by atoms with Crippen molar-refractivity contribution in [2.45, 2.75) is 75.6 Å². The Kier molecular flexibility index (Phi) is 21.6. The largest absolute Gasteiger partial charge is 0.530 e. The van der Waals surface area contributed by atoms with Crippen molar-refractivity contribution in [1.82, 2.24) is 29.1 Å². The van der Waals surface area contributed by atoms with Crippen LogP contribution in [-0.4, -0.2) is 99.3 Å². The first-order valence-electron chi connectivity index (χ1n) is 30.0. The molecule has 2 saturated heterocycles. The third kappa shape index (κ3) is 16.1. The molecule has 2 aliphatic rings. The van der Waals surface area contributed by atoms with E-state index in [1.54, 1.807) is 82.7 Å². The highest BCUT2D eigenvalue weighted by atomic mass is 35.5. The van der Waals surface area contributed by atoms with Crippen molar-refractivity contribution >= 4 is 73.6 Å². The van der Waals surface area contributed by atoms with Crippen molar-refractivity contribution in [2.24, 2.45) is 5.92 Å². The van der Waals surface area contributed by atoms with Gasteiger partial charge in [-0.1, -0.05) is 110 Å². The van der Waals surface area contributed by atoms with Crippen LogP contribution in [0.5, 0.6) is 23.0 Å². The Morgan fingerprint density at radius 1 is 0.677 bits per heavy atom. The van der Waals surface area contributed by atoms with Crippen molar-refractivity contribution in [3.63, 3.8) is 0 Å². The fraction of sp³-hybridized carbons (Fsp3) is 0.273. The van der Waals surface area contributed by atoms with Crippen LogP contribution < -0.4 is 40.4 Å². The lowest BCUT2D eigenvalue weighted by atomic mass is 9.80. The molecular formula is C66H63Cl2N9O17P2. The monoisotopic (exact) mass is 1390 g/mol. The van der Waals surface area contributed by atoms with Gasteiger partial charge in [0.15, 0.2) is 11.2 Å². The number of carbonyl (C=O) groups is 2. The lowest BCUT2D eigenvalue weighted by Crippen LogP contribution is -2.38. The van der Waals surface area contributed by atoms with Crippen LogP contribution in [0.4, 0.5) is 11.8 Å². The normalized spacial score (nSPS) is 19.0. The zero-order valence-corrected chi connectivity index (χ0v) is 55.1. The maximum Gasteiger partial charge on any atom is 0.530 e. The number of carbonyl (C=O) groups excluding carboxylic acids is 2. The molecule has 11 rings (SSSR count). The molecule has 0 saturated carbocycles. The predicted molar refractivity (Wildman–Crippen MR) is 351 cm³/mol. The molecule has 2 aliphatic heterocycles. The minimum atomic E-state index is -5.14. The summed E-state index contributed by atoms with van der Waals surface area (Å²) < 4.78 is 103. The maximum atomic E-state index is 16.1. The molecule has 3 aromatic heterocycles. The number of halogens is 2. The Labute approximate surface area is 559 Å². The first-order valence-corrected chi connectivity index (χ1v) is 33.7. The fourth-order valence-corrected chi connectivity index (χ4v) is 13.7. The maximum absolute atomic E-state index is 16.1. The number of nitrogens with zero attached hydrogens (tertiary/aromatic N) is 6. The number of H-pyrrole nitrogens is 1. The molecule has 2 unspecified atom stereocenters. The molecule has 96 heavy (non-hydrogen) atoms. The molecule has 9 aromatic rings. The summed E-state index contributed by atoms with van der Waals surface area (Å²) in [5.74, 6) is -0.599. The molecule has 0 radical (unpaired) electrons. The minimum absolute atomic E-state index is 0.00525. The van der Waals surface area contributed by atoms with Crippen LogP contribution in [0.1, 0.15) is 72.6 Å². The van der Waals surface area contributed by atoms with E-state index in [0.717, 1.165) is 0 Å². The van der Waals surface area contributed by atoms with E-state index in [0.29, 0.717) is 43.8 Å². The summed E-state index contributed by atoms with van der Waals surface area (Å²) in [5.41, 5.74) is -0.880. The Bertz CT molecular complexity index is 4410. The summed E-state index contributed by atoms with van der Waals surface area (Å²) in [5, 5.41) is 15.4. The number of amides is 2. The van der Waals surface area contributed by atoms with Crippen molar-refractivity contribution < 1.29 is 69.5 Å². The molecule has 2 amide bonds. The lowest BCUT2D eigenvalue weighted by Gasteiger charge is -2.37. The number of nitriles is 1. The van der Waals surface area contributed by atoms with Crippen LogP contribution in [0.25, 0.3) is 11.2 Å². The number of hydrogen-bond acceptors (Lipinski definition) is 21. The molecule has 498 valence electrons. The first-order chi connectivity index (χ1) is 46.3. The van der Waals surface area contributed by atoms with Crippen molar-refractivity contribution in [3.8, 4) is 29.1 Å². The van der Waals surface area contributed by atoms with Gasteiger partial charge in [-0.25, -0.2) is 18.9 Å². The number of nitrogens with one attached hydrogen (secondary N) is 3. The third-order valence-corrected chi connectivity index (χ3v) is 18.8. The highest BCUT2D eigenvalue weighted by Crippen LogP contribution is 2.57. The number of imidazole rings is 1. The zero-order chi connectivity index (χ0) is 67.6. The van der Waals surface area contributed by atoms with Gasteiger partial charge in [-0.3, -0.25) is 51.9 Å². The van der Waals surface area contributed by atoms with Crippen LogP contribution >= 0.6 is 38.8 Å². The number of aromatic amines is 1. The molecule has 2 fully saturated rings. The average molecular weight is 1390 g/mol. The molecule has 3 N–H and O–H groups in total. The predicted octanol–water partition coefficient (Wildman–Crippen LogP) is 12.2. The standard InChI is InChI=1S/C66H63Cl2N9O17P2/c1-41(2)61(78)74-64-73-60-59(63(80)75-64)70-40-77(60)58-37-53(93-95(82,87-35-11-33-69)91-50-28-20-46(67)21-29-50)55(90-58)39-88-96(83,92-51-30-22-47(68)23-31-51)94-52-36-57(76-34-32-56(72-65(76)81)71-62(79)42-12-7-5-8-13-42)89-54(52)38-86-66(43-14-9-6-10-15-43,44-16-24-48(84-3)25-17-44)45-18-26-49(85-4)27-19-45/h5-10,12-32,34,40-41,52-55,57-58H,11,35-39H2,1-4H3,(H,71,72,79,81)(H2,73,74,75,78,80)/t52-,53-,54+,55+,57+,58+,95?,96?/m0/s1. The van der Waals surface area contributed by atoms with Crippen molar-refractivity contribution in [1.29, 1.82) is 5.26 Å². The number of rotatable bonds is 28. The molecule has 0 spiro atoms. The third-order valence-electron chi connectivity index (χ3n) is 15.4. The van der Waals surface area contributed by atoms with Gasteiger partial charge in [-0.15, -0.1) is 0 Å². The second kappa shape index (κ2) is 30.3.